The van der Waals surface area contributed by atoms with Gasteiger partial charge in [-0.15, -0.1) is 0 Å². The molecule has 0 radical (unpaired) electrons. The highest BCUT2D eigenvalue weighted by Crippen LogP contribution is 2.41. The third-order valence-corrected chi connectivity index (χ3v) is 5.41. The molecule has 2 aromatic heterocycles. The Kier molecular flexibility index (Phi) is 6.02. The van der Waals surface area contributed by atoms with E-state index in [0.717, 1.165) is 16.6 Å². The lowest BCUT2D eigenvalue weighted by atomic mass is 10.2. The summed E-state index contributed by atoms with van der Waals surface area (Å²) < 4.78 is 16.4. The molecule has 0 spiro atoms. The van der Waals surface area contributed by atoms with Gasteiger partial charge in [0.25, 0.3) is 5.91 Å². The highest BCUT2D eigenvalue weighted by molar-refractivity contribution is 6.02. The maximum absolute atomic E-state index is 13.1. The zero-order valence-electron chi connectivity index (χ0n) is 18.5. The van der Waals surface area contributed by atoms with Crippen molar-refractivity contribution in [2.75, 3.05) is 21.3 Å². The molecule has 8 nitrogen and oxygen atoms in total. The minimum atomic E-state index is -0.273. The molecule has 32 heavy (non-hydrogen) atoms. The second kappa shape index (κ2) is 9.05. The highest BCUT2D eigenvalue weighted by atomic mass is 16.5. The van der Waals surface area contributed by atoms with Crippen molar-refractivity contribution in [3.05, 3.63) is 60.2 Å². The van der Waals surface area contributed by atoms with E-state index in [-0.39, 0.29) is 11.9 Å². The minimum Gasteiger partial charge on any atom is -0.496 e. The van der Waals surface area contributed by atoms with Gasteiger partial charge in [0.2, 0.25) is 0 Å². The number of hydrogen-bond acceptors (Lipinski definition) is 5. The molecule has 0 saturated carbocycles. The summed E-state index contributed by atoms with van der Waals surface area (Å²) in [6.07, 6.45) is 2.46. The SMILES string of the molecule is CCC(NC(=O)c1cc2c(OC)cc(OC)c(OC)c2[nH]1)c1ncc(-c2ccccc2)[nH]1. The normalized spacial score (nSPS) is 11.9. The van der Waals surface area contributed by atoms with E-state index < -0.39 is 0 Å². The van der Waals surface area contributed by atoms with Crippen LogP contribution in [0.3, 0.4) is 0 Å². The zero-order chi connectivity index (χ0) is 22.7. The molecule has 8 heteroatoms. The predicted octanol–water partition coefficient (Wildman–Crippen LogP) is 4.46. The molecular formula is C24H26N4O4. The van der Waals surface area contributed by atoms with Gasteiger partial charge < -0.3 is 29.5 Å². The smallest absolute Gasteiger partial charge is 0.268 e. The molecule has 2 aromatic carbocycles. The van der Waals surface area contributed by atoms with Crippen LogP contribution in [0.1, 0.15) is 35.7 Å². The Hall–Kier alpha value is -3.94. The first-order chi connectivity index (χ1) is 15.6. The summed E-state index contributed by atoms with van der Waals surface area (Å²) in [6.45, 7) is 2.00. The third-order valence-electron chi connectivity index (χ3n) is 5.41. The van der Waals surface area contributed by atoms with Crippen molar-refractivity contribution in [2.24, 2.45) is 0 Å². The Morgan fingerprint density at radius 2 is 1.78 bits per heavy atom. The summed E-state index contributed by atoms with van der Waals surface area (Å²) in [5.74, 6) is 2.05. The first kappa shape index (κ1) is 21.3. The average molecular weight is 434 g/mol. The highest BCUT2D eigenvalue weighted by Gasteiger charge is 2.22. The van der Waals surface area contributed by atoms with Crippen molar-refractivity contribution in [1.29, 1.82) is 0 Å². The molecule has 2 heterocycles. The van der Waals surface area contributed by atoms with E-state index in [1.165, 1.54) is 0 Å². The fourth-order valence-electron chi connectivity index (χ4n) is 3.74. The number of H-pyrrole nitrogens is 2. The van der Waals surface area contributed by atoms with Gasteiger partial charge in [0.15, 0.2) is 11.5 Å². The van der Waals surface area contributed by atoms with Crippen LogP contribution in [0.4, 0.5) is 0 Å². The number of aromatic amines is 2. The van der Waals surface area contributed by atoms with E-state index in [2.05, 4.69) is 20.3 Å². The van der Waals surface area contributed by atoms with Crippen LogP contribution in [0.5, 0.6) is 17.2 Å². The third kappa shape index (κ3) is 3.87. The predicted molar refractivity (Wildman–Crippen MR) is 122 cm³/mol. The first-order valence-corrected chi connectivity index (χ1v) is 10.3. The molecule has 0 aliphatic rings. The Bertz CT molecular complexity index is 1230. The van der Waals surface area contributed by atoms with E-state index >= 15 is 0 Å². The number of nitrogens with one attached hydrogen (secondary N) is 3. The van der Waals surface area contributed by atoms with E-state index in [1.807, 2.05) is 37.3 Å². The number of ether oxygens (including phenoxy) is 3. The number of hydrogen-bond donors (Lipinski definition) is 3. The van der Waals surface area contributed by atoms with Gasteiger partial charge in [-0.25, -0.2) is 4.98 Å². The lowest BCUT2D eigenvalue weighted by Gasteiger charge is -2.14. The molecule has 0 aliphatic carbocycles. The first-order valence-electron chi connectivity index (χ1n) is 10.3. The standard InChI is InChI=1S/C24H26N4O4/c1-5-16(23-25-13-18(27-23)14-9-7-6-8-10-14)28-24(29)17-11-15-19(30-2)12-20(31-3)22(32-4)21(15)26-17/h6-13,16,26H,5H2,1-4H3,(H,25,27)(H,28,29). The largest absolute Gasteiger partial charge is 0.496 e. The molecule has 0 bridgehead atoms. The molecule has 4 rings (SSSR count). The maximum Gasteiger partial charge on any atom is 0.268 e. The Morgan fingerprint density at radius 1 is 1.03 bits per heavy atom. The monoisotopic (exact) mass is 434 g/mol. The molecule has 0 saturated heterocycles. The summed E-state index contributed by atoms with van der Waals surface area (Å²) in [6, 6.07) is 13.1. The van der Waals surface area contributed by atoms with Crippen LogP contribution in [-0.4, -0.2) is 42.2 Å². The molecule has 0 aliphatic heterocycles. The van der Waals surface area contributed by atoms with Crippen LogP contribution in [0.2, 0.25) is 0 Å². The van der Waals surface area contributed by atoms with Crippen LogP contribution in [0.15, 0.2) is 48.7 Å². The minimum absolute atomic E-state index is 0.256. The van der Waals surface area contributed by atoms with E-state index in [0.29, 0.717) is 40.7 Å². The number of rotatable bonds is 8. The second-order valence-corrected chi connectivity index (χ2v) is 7.27. The number of imidazole rings is 1. The number of nitrogens with zero attached hydrogens (tertiary/aromatic N) is 1. The van der Waals surface area contributed by atoms with Crippen molar-refractivity contribution in [2.45, 2.75) is 19.4 Å². The topological polar surface area (TPSA) is 101 Å². The van der Waals surface area contributed by atoms with Gasteiger partial charge in [0.1, 0.15) is 17.3 Å². The van der Waals surface area contributed by atoms with Crippen molar-refractivity contribution in [1.82, 2.24) is 20.3 Å². The molecule has 1 atom stereocenters. The molecule has 166 valence electrons. The Labute approximate surface area is 185 Å². The van der Waals surface area contributed by atoms with Gasteiger partial charge in [-0.1, -0.05) is 37.3 Å². The maximum atomic E-state index is 13.1. The number of carbonyl (C=O) groups is 1. The van der Waals surface area contributed by atoms with Crippen molar-refractivity contribution < 1.29 is 19.0 Å². The Balaban J connectivity index is 1.62. The van der Waals surface area contributed by atoms with Crippen LogP contribution in [-0.2, 0) is 0 Å². The number of benzene rings is 2. The van der Waals surface area contributed by atoms with Gasteiger partial charge in [0.05, 0.1) is 44.8 Å². The van der Waals surface area contributed by atoms with Gasteiger partial charge in [0, 0.05) is 11.5 Å². The second-order valence-electron chi connectivity index (χ2n) is 7.27. The van der Waals surface area contributed by atoms with E-state index in [1.54, 1.807) is 39.7 Å². The fourth-order valence-corrected chi connectivity index (χ4v) is 3.74. The number of carbonyl (C=O) groups excluding carboxylic acids is 1. The fraction of sp³-hybridized carbons (Fsp3) is 0.250. The summed E-state index contributed by atoms with van der Waals surface area (Å²) in [5, 5.41) is 3.78. The van der Waals surface area contributed by atoms with Gasteiger partial charge >= 0.3 is 0 Å². The lowest BCUT2D eigenvalue weighted by molar-refractivity contribution is 0.0929. The van der Waals surface area contributed by atoms with Gasteiger partial charge in [-0.2, -0.15) is 0 Å². The van der Waals surface area contributed by atoms with Gasteiger partial charge in [-0.3, -0.25) is 4.79 Å². The van der Waals surface area contributed by atoms with Crippen LogP contribution in [0.25, 0.3) is 22.2 Å². The lowest BCUT2D eigenvalue weighted by Crippen LogP contribution is -2.29. The number of aromatic nitrogens is 3. The molecular weight excluding hydrogens is 408 g/mol. The van der Waals surface area contributed by atoms with Crippen molar-refractivity contribution in [3.63, 3.8) is 0 Å². The summed E-state index contributed by atoms with van der Waals surface area (Å²) in [5.41, 5.74) is 2.96. The zero-order valence-corrected chi connectivity index (χ0v) is 18.5. The molecule has 1 amide bonds. The van der Waals surface area contributed by atoms with Crippen molar-refractivity contribution in [3.8, 4) is 28.5 Å². The van der Waals surface area contributed by atoms with Crippen LogP contribution < -0.4 is 19.5 Å². The number of amides is 1. The molecule has 3 N–H and O–H groups in total. The quantitative estimate of drug-likeness (QED) is 0.380. The number of fused-ring (bicyclic) bond motifs is 1. The van der Waals surface area contributed by atoms with E-state index in [9.17, 15) is 4.79 Å². The number of methoxy groups -OCH3 is 3. The molecule has 1 unspecified atom stereocenters. The van der Waals surface area contributed by atoms with Gasteiger partial charge in [-0.05, 0) is 18.1 Å². The van der Waals surface area contributed by atoms with Crippen LogP contribution >= 0.6 is 0 Å². The summed E-state index contributed by atoms with van der Waals surface area (Å²) in [4.78, 5) is 24.1. The summed E-state index contributed by atoms with van der Waals surface area (Å²) in [7, 11) is 4.68. The average Bonchev–Trinajstić information content (AvgIpc) is 3.50. The molecule has 0 fully saturated rings. The van der Waals surface area contributed by atoms with Crippen molar-refractivity contribution >= 4 is 16.8 Å². The van der Waals surface area contributed by atoms with Crippen LogP contribution in [0, 0.1) is 0 Å². The Morgan fingerprint density at radius 3 is 2.44 bits per heavy atom. The summed E-state index contributed by atoms with van der Waals surface area (Å²) >= 11 is 0. The molecule has 4 aromatic rings. The van der Waals surface area contributed by atoms with E-state index in [4.69, 9.17) is 14.2 Å².